The number of benzene rings is 1. The minimum atomic E-state index is -0.473. The molecule has 1 aromatic rings. The van der Waals surface area contributed by atoms with E-state index in [-0.39, 0.29) is 11.7 Å². The Morgan fingerprint density at radius 1 is 0.960 bits per heavy atom. The standard InChI is InChI=1S/C20H29NO4/c22-20(25-19-15-13-18(14-16-19)21(23)24)10-8-6-4-2-1-3-5-7-9-17-11-12-17/h13-17H,1-12H2. The number of carbonyl (C=O) groups is 1. The number of esters is 1. The fraction of sp³-hybridized carbons (Fsp3) is 0.650. The van der Waals surface area contributed by atoms with Gasteiger partial charge in [-0.3, -0.25) is 14.9 Å². The maximum absolute atomic E-state index is 11.7. The summed E-state index contributed by atoms with van der Waals surface area (Å²) in [4.78, 5) is 21.8. The molecule has 0 spiro atoms. The molecule has 2 rings (SSSR count). The normalized spacial score (nSPS) is 13.6. The van der Waals surface area contributed by atoms with E-state index < -0.39 is 4.92 Å². The Balaban J connectivity index is 1.43. The summed E-state index contributed by atoms with van der Waals surface area (Å²) in [5, 5.41) is 10.6. The van der Waals surface area contributed by atoms with Crippen LogP contribution in [0.4, 0.5) is 5.69 Å². The van der Waals surface area contributed by atoms with Gasteiger partial charge in [0.25, 0.3) is 5.69 Å². The Kier molecular flexibility index (Phi) is 8.43. The van der Waals surface area contributed by atoms with Crippen LogP contribution in [0.3, 0.4) is 0 Å². The second-order valence-corrected chi connectivity index (χ2v) is 7.04. The highest BCUT2D eigenvalue weighted by Crippen LogP contribution is 2.34. The molecular weight excluding hydrogens is 318 g/mol. The van der Waals surface area contributed by atoms with Gasteiger partial charge in [0.2, 0.25) is 0 Å². The first-order valence-electron chi connectivity index (χ1n) is 9.60. The van der Waals surface area contributed by atoms with Gasteiger partial charge in [0, 0.05) is 18.6 Å². The zero-order valence-corrected chi connectivity index (χ0v) is 15.0. The number of nitro benzene ring substituents is 1. The summed E-state index contributed by atoms with van der Waals surface area (Å²) in [6.45, 7) is 0. The molecule has 0 bridgehead atoms. The van der Waals surface area contributed by atoms with E-state index >= 15 is 0 Å². The van der Waals surface area contributed by atoms with Crippen molar-refractivity contribution in [1.82, 2.24) is 0 Å². The summed E-state index contributed by atoms with van der Waals surface area (Å²) in [6, 6.07) is 5.60. The van der Waals surface area contributed by atoms with Crippen LogP contribution in [0.15, 0.2) is 24.3 Å². The lowest BCUT2D eigenvalue weighted by Crippen LogP contribution is -2.07. The number of hydrogen-bond acceptors (Lipinski definition) is 4. The number of nitrogens with zero attached hydrogens (tertiary/aromatic N) is 1. The van der Waals surface area contributed by atoms with Crippen molar-refractivity contribution in [3.8, 4) is 5.75 Å². The van der Waals surface area contributed by atoms with Gasteiger partial charge < -0.3 is 4.74 Å². The van der Waals surface area contributed by atoms with E-state index in [1.807, 2.05) is 0 Å². The maximum atomic E-state index is 11.7. The lowest BCUT2D eigenvalue weighted by atomic mass is 10.1. The highest BCUT2D eigenvalue weighted by Gasteiger charge is 2.19. The van der Waals surface area contributed by atoms with E-state index in [0.717, 1.165) is 18.8 Å². The molecule has 0 atom stereocenters. The molecule has 0 saturated heterocycles. The zero-order chi connectivity index (χ0) is 17.9. The first kappa shape index (κ1) is 19.4. The van der Waals surface area contributed by atoms with Crippen molar-refractivity contribution in [2.75, 3.05) is 0 Å². The molecule has 1 aliphatic rings. The number of carbonyl (C=O) groups excluding carboxylic acids is 1. The molecule has 1 fully saturated rings. The van der Waals surface area contributed by atoms with Crippen LogP contribution in [0.5, 0.6) is 5.75 Å². The predicted molar refractivity (Wildman–Crippen MR) is 97.6 cm³/mol. The SMILES string of the molecule is O=C(CCCCCCCCCCC1CC1)Oc1ccc([N+](=O)[O-])cc1. The Morgan fingerprint density at radius 3 is 2.08 bits per heavy atom. The van der Waals surface area contributed by atoms with Gasteiger partial charge >= 0.3 is 5.97 Å². The number of ether oxygens (including phenoxy) is 1. The maximum Gasteiger partial charge on any atom is 0.311 e. The Morgan fingerprint density at radius 2 is 1.52 bits per heavy atom. The quantitative estimate of drug-likeness (QED) is 0.148. The van der Waals surface area contributed by atoms with Crippen LogP contribution in [0, 0.1) is 16.0 Å². The monoisotopic (exact) mass is 347 g/mol. The van der Waals surface area contributed by atoms with Crippen molar-refractivity contribution in [2.24, 2.45) is 5.92 Å². The molecule has 1 aromatic carbocycles. The molecule has 0 amide bonds. The van der Waals surface area contributed by atoms with Crippen molar-refractivity contribution < 1.29 is 14.5 Å². The van der Waals surface area contributed by atoms with Gasteiger partial charge in [-0.25, -0.2) is 0 Å². The molecule has 5 nitrogen and oxygen atoms in total. The summed E-state index contributed by atoms with van der Waals surface area (Å²) >= 11 is 0. The van der Waals surface area contributed by atoms with Gasteiger partial charge in [-0.05, 0) is 24.5 Å². The molecule has 0 aromatic heterocycles. The van der Waals surface area contributed by atoms with Gasteiger partial charge in [0.1, 0.15) is 5.75 Å². The molecule has 5 heteroatoms. The average molecular weight is 347 g/mol. The van der Waals surface area contributed by atoms with Gasteiger partial charge in [0.15, 0.2) is 0 Å². The fourth-order valence-corrected chi connectivity index (χ4v) is 2.99. The van der Waals surface area contributed by atoms with Crippen molar-refractivity contribution in [1.29, 1.82) is 0 Å². The first-order valence-corrected chi connectivity index (χ1v) is 9.60. The number of hydrogen-bond donors (Lipinski definition) is 0. The Hall–Kier alpha value is -1.91. The largest absolute Gasteiger partial charge is 0.427 e. The van der Waals surface area contributed by atoms with Crippen LogP contribution < -0.4 is 4.74 Å². The molecule has 138 valence electrons. The van der Waals surface area contributed by atoms with Crippen molar-refractivity contribution in [3.05, 3.63) is 34.4 Å². The smallest absolute Gasteiger partial charge is 0.311 e. The van der Waals surface area contributed by atoms with Gasteiger partial charge in [0.05, 0.1) is 4.92 Å². The lowest BCUT2D eigenvalue weighted by Gasteiger charge is -2.04. The topological polar surface area (TPSA) is 69.4 Å². The fourth-order valence-electron chi connectivity index (χ4n) is 2.99. The van der Waals surface area contributed by atoms with Gasteiger partial charge in [-0.1, -0.05) is 64.2 Å². The van der Waals surface area contributed by atoms with Gasteiger partial charge in [-0.15, -0.1) is 0 Å². The number of unbranched alkanes of at least 4 members (excludes halogenated alkanes) is 7. The van der Waals surface area contributed by atoms with Gasteiger partial charge in [-0.2, -0.15) is 0 Å². The van der Waals surface area contributed by atoms with Crippen molar-refractivity contribution >= 4 is 11.7 Å². The zero-order valence-electron chi connectivity index (χ0n) is 15.0. The van der Waals surface area contributed by atoms with E-state index in [1.165, 1.54) is 82.1 Å². The molecule has 1 saturated carbocycles. The summed E-state index contributed by atoms with van der Waals surface area (Å²) in [5.41, 5.74) is -0.00709. The minimum absolute atomic E-state index is 0.00709. The van der Waals surface area contributed by atoms with E-state index in [0.29, 0.717) is 12.2 Å². The third kappa shape index (κ3) is 8.66. The molecule has 0 heterocycles. The van der Waals surface area contributed by atoms with Crippen molar-refractivity contribution in [2.45, 2.75) is 77.0 Å². The summed E-state index contributed by atoms with van der Waals surface area (Å²) in [6.07, 6.45) is 14.5. The summed E-state index contributed by atoms with van der Waals surface area (Å²) in [5.74, 6) is 1.15. The minimum Gasteiger partial charge on any atom is -0.427 e. The molecule has 1 aliphatic carbocycles. The molecule has 0 unspecified atom stereocenters. The molecule has 0 N–H and O–H groups in total. The third-order valence-corrected chi connectivity index (χ3v) is 4.72. The summed E-state index contributed by atoms with van der Waals surface area (Å²) in [7, 11) is 0. The Bertz CT molecular complexity index is 537. The third-order valence-electron chi connectivity index (χ3n) is 4.72. The predicted octanol–water partition coefficient (Wildman–Crippen LogP) is 5.81. The van der Waals surface area contributed by atoms with Crippen LogP contribution >= 0.6 is 0 Å². The summed E-state index contributed by atoms with van der Waals surface area (Å²) < 4.78 is 5.18. The van der Waals surface area contributed by atoms with E-state index in [9.17, 15) is 14.9 Å². The Labute approximate surface area is 149 Å². The van der Waals surface area contributed by atoms with E-state index in [2.05, 4.69) is 0 Å². The second kappa shape index (κ2) is 10.9. The van der Waals surface area contributed by atoms with Crippen LogP contribution in [-0.4, -0.2) is 10.9 Å². The first-order chi connectivity index (χ1) is 12.1. The van der Waals surface area contributed by atoms with E-state index in [1.54, 1.807) is 0 Å². The molecule has 0 radical (unpaired) electrons. The van der Waals surface area contributed by atoms with Crippen molar-refractivity contribution in [3.63, 3.8) is 0 Å². The molecule has 0 aliphatic heterocycles. The second-order valence-electron chi connectivity index (χ2n) is 7.04. The van der Waals surface area contributed by atoms with E-state index in [4.69, 9.17) is 4.74 Å². The number of non-ortho nitro benzene ring substituents is 1. The van der Waals surface area contributed by atoms with Crippen LogP contribution in [0.2, 0.25) is 0 Å². The van der Waals surface area contributed by atoms with Crippen LogP contribution in [-0.2, 0) is 4.79 Å². The highest BCUT2D eigenvalue weighted by atomic mass is 16.6. The van der Waals surface area contributed by atoms with Crippen LogP contribution in [0.1, 0.15) is 77.0 Å². The number of nitro groups is 1. The molecular formula is C20H29NO4. The lowest BCUT2D eigenvalue weighted by molar-refractivity contribution is -0.384. The van der Waals surface area contributed by atoms with Crippen LogP contribution in [0.25, 0.3) is 0 Å². The highest BCUT2D eigenvalue weighted by molar-refractivity contribution is 5.72. The molecule has 25 heavy (non-hydrogen) atoms. The average Bonchev–Trinajstić information content (AvgIpc) is 3.41. The number of rotatable bonds is 13.